The molecule has 4 nitrogen and oxygen atoms in total. The Morgan fingerprint density at radius 1 is 1.40 bits per heavy atom. The summed E-state index contributed by atoms with van der Waals surface area (Å²) in [6.07, 6.45) is 1.53. The maximum absolute atomic E-state index is 11.4. The normalized spacial score (nSPS) is 27.7. The number of hydrogen-bond donors (Lipinski definition) is 1. The molecule has 15 heavy (non-hydrogen) atoms. The van der Waals surface area contributed by atoms with Crippen LogP contribution in [0, 0.1) is 5.41 Å². The first-order valence-corrected chi connectivity index (χ1v) is 7.07. The lowest BCUT2D eigenvalue weighted by molar-refractivity contribution is 0.538. The first-order chi connectivity index (χ1) is 6.71. The molecule has 0 aromatic heterocycles. The predicted octanol–water partition coefficient (Wildman–Crippen LogP) is 0.967. The Bertz CT molecular complexity index is 352. The van der Waals surface area contributed by atoms with Gasteiger partial charge in [0.25, 0.3) is 0 Å². The van der Waals surface area contributed by atoms with Crippen LogP contribution in [0.2, 0.25) is 0 Å². The third-order valence-electron chi connectivity index (χ3n) is 2.53. The highest BCUT2D eigenvalue weighted by Gasteiger charge is 2.26. The fraction of sp³-hybridized carbons (Fsp3) is 0.900. The molecule has 1 saturated heterocycles. The van der Waals surface area contributed by atoms with Crippen LogP contribution in [0.3, 0.4) is 0 Å². The van der Waals surface area contributed by atoms with Crippen LogP contribution < -0.4 is 5.73 Å². The van der Waals surface area contributed by atoms with E-state index in [1.165, 1.54) is 0 Å². The van der Waals surface area contributed by atoms with Crippen LogP contribution in [0.4, 0.5) is 0 Å². The molecule has 5 heteroatoms. The lowest BCUT2D eigenvalue weighted by Gasteiger charge is -2.23. The summed E-state index contributed by atoms with van der Waals surface area (Å²) in [5.74, 6) is 1.00. The molecule has 88 valence electrons. The lowest BCUT2D eigenvalue weighted by atomic mass is 9.95. The Morgan fingerprint density at radius 2 is 2.00 bits per heavy atom. The summed E-state index contributed by atoms with van der Waals surface area (Å²) in [5, 5.41) is 0. The first-order valence-electron chi connectivity index (χ1n) is 5.25. The van der Waals surface area contributed by atoms with Crippen molar-refractivity contribution in [2.24, 2.45) is 16.1 Å². The largest absolute Gasteiger partial charge is 0.387 e. The summed E-state index contributed by atoms with van der Waals surface area (Å²) in [5.41, 5.74) is 5.65. The van der Waals surface area contributed by atoms with Crippen LogP contribution >= 0.6 is 0 Å². The van der Waals surface area contributed by atoms with E-state index in [1.807, 2.05) is 20.8 Å². The third-order valence-corrected chi connectivity index (χ3v) is 4.33. The molecule has 1 fully saturated rings. The van der Waals surface area contributed by atoms with Gasteiger partial charge >= 0.3 is 0 Å². The fourth-order valence-corrected chi connectivity index (χ4v) is 3.09. The van der Waals surface area contributed by atoms with Gasteiger partial charge in [-0.3, -0.25) is 4.99 Å². The van der Waals surface area contributed by atoms with E-state index in [0.717, 1.165) is 6.42 Å². The molecule has 0 spiro atoms. The lowest BCUT2D eigenvalue weighted by Crippen LogP contribution is -2.34. The van der Waals surface area contributed by atoms with Crippen molar-refractivity contribution in [3.63, 3.8) is 0 Å². The molecule has 0 aromatic rings. The second kappa shape index (κ2) is 4.12. The minimum Gasteiger partial charge on any atom is -0.387 e. The molecule has 0 bridgehead atoms. The van der Waals surface area contributed by atoms with Crippen molar-refractivity contribution in [1.82, 2.24) is 0 Å². The van der Waals surface area contributed by atoms with Gasteiger partial charge in [-0.05, 0) is 12.8 Å². The Hall–Kier alpha value is -0.580. The summed E-state index contributed by atoms with van der Waals surface area (Å²) < 4.78 is 22.8. The average molecular weight is 232 g/mol. The zero-order valence-corrected chi connectivity index (χ0v) is 10.5. The number of nitrogens with two attached hydrogens (primary N) is 1. The molecule has 0 aromatic carbocycles. The van der Waals surface area contributed by atoms with E-state index in [9.17, 15) is 8.42 Å². The van der Waals surface area contributed by atoms with E-state index in [4.69, 9.17) is 5.73 Å². The SMILES string of the molecule is CC(C)(C)C(N)=NC1CCCS(=O)(=O)C1. The Balaban J connectivity index is 2.75. The van der Waals surface area contributed by atoms with Crippen LogP contribution in [-0.4, -0.2) is 31.8 Å². The molecule has 2 N–H and O–H groups in total. The maximum atomic E-state index is 11.4. The second-order valence-corrected chi connectivity index (χ2v) is 7.40. The molecule has 1 rings (SSSR count). The highest BCUT2D eigenvalue weighted by Crippen LogP contribution is 2.18. The van der Waals surface area contributed by atoms with E-state index >= 15 is 0 Å². The van der Waals surface area contributed by atoms with Gasteiger partial charge < -0.3 is 5.73 Å². The van der Waals surface area contributed by atoms with Gasteiger partial charge in [-0.15, -0.1) is 0 Å². The molecule has 1 aliphatic rings. The molecule has 0 saturated carbocycles. The van der Waals surface area contributed by atoms with E-state index < -0.39 is 9.84 Å². The summed E-state index contributed by atoms with van der Waals surface area (Å²) >= 11 is 0. The minimum atomic E-state index is -2.89. The number of sulfone groups is 1. The minimum absolute atomic E-state index is 0.136. The van der Waals surface area contributed by atoms with Gasteiger partial charge in [0.2, 0.25) is 0 Å². The molecule has 1 heterocycles. The van der Waals surface area contributed by atoms with Gasteiger partial charge in [0.1, 0.15) is 0 Å². The van der Waals surface area contributed by atoms with Crippen molar-refractivity contribution in [3.05, 3.63) is 0 Å². The van der Waals surface area contributed by atoms with Crippen molar-refractivity contribution in [2.75, 3.05) is 11.5 Å². The maximum Gasteiger partial charge on any atom is 0.152 e. The number of hydrogen-bond acceptors (Lipinski definition) is 3. The van der Waals surface area contributed by atoms with Crippen molar-refractivity contribution in [1.29, 1.82) is 0 Å². The van der Waals surface area contributed by atoms with Crippen LogP contribution in [0.5, 0.6) is 0 Å². The van der Waals surface area contributed by atoms with Crippen molar-refractivity contribution in [3.8, 4) is 0 Å². The fourth-order valence-electron chi connectivity index (χ4n) is 1.49. The Kier molecular flexibility index (Phi) is 3.43. The van der Waals surface area contributed by atoms with Crippen molar-refractivity contribution >= 4 is 15.7 Å². The summed E-state index contributed by atoms with van der Waals surface area (Å²) in [4.78, 5) is 4.32. The molecule has 1 unspecified atom stereocenters. The molecular weight excluding hydrogens is 212 g/mol. The van der Waals surface area contributed by atoms with Crippen LogP contribution in [-0.2, 0) is 9.84 Å². The van der Waals surface area contributed by atoms with E-state index in [0.29, 0.717) is 18.0 Å². The van der Waals surface area contributed by atoms with Crippen LogP contribution in [0.1, 0.15) is 33.6 Å². The summed E-state index contributed by atoms with van der Waals surface area (Å²) in [6.45, 7) is 5.93. The number of aliphatic imine (C=N–C) groups is 1. The average Bonchev–Trinajstić information content (AvgIpc) is 2.00. The predicted molar refractivity (Wildman–Crippen MR) is 62.8 cm³/mol. The highest BCUT2D eigenvalue weighted by atomic mass is 32.2. The van der Waals surface area contributed by atoms with Gasteiger partial charge in [-0.25, -0.2) is 8.42 Å². The van der Waals surface area contributed by atoms with Crippen LogP contribution in [0.15, 0.2) is 4.99 Å². The summed E-state index contributed by atoms with van der Waals surface area (Å²) in [7, 11) is -2.89. The van der Waals surface area contributed by atoms with E-state index in [2.05, 4.69) is 4.99 Å². The molecule has 0 radical (unpaired) electrons. The Morgan fingerprint density at radius 3 is 2.47 bits per heavy atom. The summed E-state index contributed by atoms with van der Waals surface area (Å²) in [6, 6.07) is -0.136. The van der Waals surface area contributed by atoms with E-state index in [1.54, 1.807) is 0 Å². The molecule has 1 atom stereocenters. The van der Waals surface area contributed by atoms with Crippen molar-refractivity contribution < 1.29 is 8.42 Å². The second-order valence-electron chi connectivity index (χ2n) is 5.17. The van der Waals surface area contributed by atoms with E-state index in [-0.39, 0.29) is 17.2 Å². The number of rotatable bonds is 1. The molecule has 1 aliphatic heterocycles. The third kappa shape index (κ3) is 3.81. The Labute approximate surface area is 91.9 Å². The van der Waals surface area contributed by atoms with Gasteiger partial charge in [-0.2, -0.15) is 0 Å². The molecular formula is C10H20N2O2S. The van der Waals surface area contributed by atoms with Crippen LogP contribution in [0.25, 0.3) is 0 Å². The first kappa shape index (κ1) is 12.5. The quantitative estimate of drug-likeness (QED) is 0.541. The van der Waals surface area contributed by atoms with Gasteiger partial charge in [0.15, 0.2) is 9.84 Å². The van der Waals surface area contributed by atoms with Gasteiger partial charge in [-0.1, -0.05) is 20.8 Å². The number of nitrogens with zero attached hydrogens (tertiary/aromatic N) is 1. The molecule has 0 amide bonds. The topological polar surface area (TPSA) is 72.5 Å². The highest BCUT2D eigenvalue weighted by molar-refractivity contribution is 7.91. The van der Waals surface area contributed by atoms with Crippen molar-refractivity contribution in [2.45, 2.75) is 39.7 Å². The van der Waals surface area contributed by atoms with Gasteiger partial charge in [0, 0.05) is 5.41 Å². The van der Waals surface area contributed by atoms with Gasteiger partial charge in [0.05, 0.1) is 23.4 Å². The molecule has 0 aliphatic carbocycles. The zero-order chi connectivity index (χ0) is 11.7. The number of amidine groups is 1. The zero-order valence-electron chi connectivity index (χ0n) is 9.66. The monoisotopic (exact) mass is 232 g/mol. The smallest absolute Gasteiger partial charge is 0.152 e. The standard InChI is InChI=1S/C10H20N2O2S/c1-10(2,3)9(11)12-8-5-4-6-15(13,14)7-8/h8H,4-7H2,1-3H3,(H2,11,12).